The van der Waals surface area contributed by atoms with E-state index in [0.29, 0.717) is 6.04 Å². The first-order valence-electron chi connectivity index (χ1n) is 9.87. The highest BCUT2D eigenvalue weighted by Gasteiger charge is 2.15. The fraction of sp³-hybridized carbons (Fsp3) is 0.280. The van der Waals surface area contributed by atoms with E-state index in [4.69, 9.17) is 0 Å². The van der Waals surface area contributed by atoms with Crippen molar-refractivity contribution < 1.29 is 0 Å². The Bertz CT molecular complexity index is 1010. The monoisotopic (exact) mass is 341 g/mol. The number of nitrogens with zero attached hydrogens (tertiary/aromatic N) is 1. The van der Waals surface area contributed by atoms with Crippen LogP contribution in [0.25, 0.3) is 32.9 Å². The number of rotatable bonds is 6. The minimum atomic E-state index is 0.520. The molecule has 4 aromatic rings. The smallest absolute Gasteiger partial charge is 0.0494 e. The highest BCUT2D eigenvalue weighted by atomic mass is 15.0. The van der Waals surface area contributed by atoms with Crippen LogP contribution < -0.4 is 0 Å². The molecule has 0 saturated carbocycles. The summed E-state index contributed by atoms with van der Waals surface area (Å²) in [6.45, 7) is 4.64. The first-order valence-corrected chi connectivity index (χ1v) is 9.87. The topological polar surface area (TPSA) is 4.93 Å². The molecule has 132 valence electrons. The van der Waals surface area contributed by atoms with Crippen LogP contribution >= 0.6 is 0 Å². The summed E-state index contributed by atoms with van der Waals surface area (Å²) in [4.78, 5) is 0. The molecule has 0 saturated heterocycles. The fourth-order valence-electron chi connectivity index (χ4n) is 4.11. The molecule has 0 amide bonds. The highest BCUT2D eigenvalue weighted by molar-refractivity contribution is 6.09. The van der Waals surface area contributed by atoms with E-state index in [0.717, 1.165) is 0 Å². The van der Waals surface area contributed by atoms with Crippen molar-refractivity contribution in [1.29, 1.82) is 0 Å². The number of hydrogen-bond donors (Lipinski definition) is 0. The average Bonchev–Trinajstić information content (AvgIpc) is 3.02. The van der Waals surface area contributed by atoms with Gasteiger partial charge in [-0.3, -0.25) is 0 Å². The van der Waals surface area contributed by atoms with Crippen molar-refractivity contribution in [1.82, 2.24) is 4.57 Å². The van der Waals surface area contributed by atoms with Crippen molar-refractivity contribution in [2.45, 2.75) is 45.6 Å². The molecule has 0 N–H and O–H groups in total. The Labute approximate surface area is 156 Å². The summed E-state index contributed by atoms with van der Waals surface area (Å²) in [6, 6.07) is 27.0. The van der Waals surface area contributed by atoms with E-state index in [1.165, 1.54) is 58.6 Å². The van der Waals surface area contributed by atoms with E-state index < -0.39 is 0 Å². The van der Waals surface area contributed by atoms with Crippen LogP contribution in [0, 0.1) is 0 Å². The first kappa shape index (κ1) is 16.9. The van der Waals surface area contributed by atoms with Gasteiger partial charge in [0.1, 0.15) is 0 Å². The second-order valence-corrected chi connectivity index (χ2v) is 7.33. The van der Waals surface area contributed by atoms with Crippen LogP contribution in [0.15, 0.2) is 72.8 Å². The minimum Gasteiger partial charge on any atom is -0.338 e. The van der Waals surface area contributed by atoms with Gasteiger partial charge in [0.25, 0.3) is 0 Å². The highest BCUT2D eigenvalue weighted by Crippen LogP contribution is 2.35. The molecule has 0 spiro atoms. The molecule has 26 heavy (non-hydrogen) atoms. The Morgan fingerprint density at radius 2 is 1.46 bits per heavy atom. The standard InChI is InChI=1S/C25H27N/c1-3-4-6-11-19(2)26-24-15-10-9-14-22(24)23-18-21(16-17-25(23)26)20-12-7-5-8-13-20/h5,7-10,12-19H,3-4,6,11H2,1-2H3. The summed E-state index contributed by atoms with van der Waals surface area (Å²) in [7, 11) is 0. The maximum atomic E-state index is 2.55. The zero-order valence-corrected chi connectivity index (χ0v) is 15.8. The van der Waals surface area contributed by atoms with Crippen LogP contribution in [0.4, 0.5) is 0 Å². The van der Waals surface area contributed by atoms with E-state index in [-0.39, 0.29) is 0 Å². The first-order chi connectivity index (χ1) is 12.8. The molecule has 0 bridgehead atoms. The molecule has 1 unspecified atom stereocenters. The number of unbranched alkanes of at least 4 members (excludes halogenated alkanes) is 2. The molecule has 1 heteroatoms. The van der Waals surface area contributed by atoms with Gasteiger partial charge in [0.15, 0.2) is 0 Å². The molecule has 0 aliphatic heterocycles. The van der Waals surface area contributed by atoms with Crippen LogP contribution in [-0.4, -0.2) is 4.57 Å². The maximum absolute atomic E-state index is 2.55. The Hall–Kier alpha value is -2.54. The van der Waals surface area contributed by atoms with Crippen LogP contribution in [-0.2, 0) is 0 Å². The van der Waals surface area contributed by atoms with Gasteiger partial charge in [-0.1, -0.05) is 80.8 Å². The van der Waals surface area contributed by atoms with Crippen molar-refractivity contribution in [3.63, 3.8) is 0 Å². The predicted molar refractivity (Wildman–Crippen MR) is 114 cm³/mol. The Kier molecular flexibility index (Phi) is 4.79. The second kappa shape index (κ2) is 7.37. The Balaban J connectivity index is 1.86. The lowest BCUT2D eigenvalue weighted by molar-refractivity contribution is 0.499. The van der Waals surface area contributed by atoms with Gasteiger partial charge in [0.2, 0.25) is 0 Å². The minimum absolute atomic E-state index is 0.520. The molecule has 1 atom stereocenters. The molecule has 1 heterocycles. The van der Waals surface area contributed by atoms with Crippen molar-refractivity contribution in [3.8, 4) is 11.1 Å². The third-order valence-corrected chi connectivity index (χ3v) is 5.48. The number of aromatic nitrogens is 1. The second-order valence-electron chi connectivity index (χ2n) is 7.33. The lowest BCUT2D eigenvalue weighted by atomic mass is 10.0. The fourth-order valence-corrected chi connectivity index (χ4v) is 4.11. The van der Waals surface area contributed by atoms with Gasteiger partial charge in [0.05, 0.1) is 0 Å². The molecule has 0 aliphatic rings. The zero-order valence-electron chi connectivity index (χ0n) is 15.8. The van der Waals surface area contributed by atoms with E-state index in [1.54, 1.807) is 0 Å². The summed E-state index contributed by atoms with van der Waals surface area (Å²) in [5.74, 6) is 0. The van der Waals surface area contributed by atoms with Gasteiger partial charge < -0.3 is 4.57 Å². The van der Waals surface area contributed by atoms with Gasteiger partial charge in [-0.25, -0.2) is 0 Å². The third kappa shape index (κ3) is 3.03. The molecular weight excluding hydrogens is 314 g/mol. The number of fused-ring (bicyclic) bond motifs is 3. The lowest BCUT2D eigenvalue weighted by Crippen LogP contribution is -2.04. The average molecular weight is 341 g/mol. The third-order valence-electron chi connectivity index (χ3n) is 5.48. The maximum Gasteiger partial charge on any atom is 0.0494 e. The Morgan fingerprint density at radius 1 is 0.731 bits per heavy atom. The van der Waals surface area contributed by atoms with E-state index in [2.05, 4.69) is 91.2 Å². The quantitative estimate of drug-likeness (QED) is 0.318. The van der Waals surface area contributed by atoms with E-state index >= 15 is 0 Å². The molecule has 0 fully saturated rings. The van der Waals surface area contributed by atoms with E-state index in [1.807, 2.05) is 0 Å². The van der Waals surface area contributed by atoms with Gasteiger partial charge in [-0.15, -0.1) is 0 Å². The van der Waals surface area contributed by atoms with Crippen LogP contribution in [0.1, 0.15) is 45.6 Å². The molecule has 0 radical (unpaired) electrons. The molecule has 1 nitrogen and oxygen atoms in total. The normalized spacial score (nSPS) is 12.7. The molecule has 4 rings (SSSR count). The van der Waals surface area contributed by atoms with Crippen molar-refractivity contribution in [3.05, 3.63) is 72.8 Å². The van der Waals surface area contributed by atoms with Gasteiger partial charge in [0, 0.05) is 27.8 Å². The SMILES string of the molecule is CCCCCC(C)n1c2ccccc2c2cc(-c3ccccc3)ccc21. The number of para-hydroxylation sites is 1. The predicted octanol–water partition coefficient (Wildman–Crippen LogP) is 7.60. The Morgan fingerprint density at radius 3 is 2.27 bits per heavy atom. The largest absolute Gasteiger partial charge is 0.338 e. The molecule has 0 aliphatic carbocycles. The molecule has 1 aromatic heterocycles. The zero-order chi connectivity index (χ0) is 17.9. The number of benzene rings is 3. The van der Waals surface area contributed by atoms with Gasteiger partial charge in [-0.05, 0) is 42.7 Å². The van der Waals surface area contributed by atoms with Crippen LogP contribution in [0.3, 0.4) is 0 Å². The molecule has 3 aromatic carbocycles. The summed E-state index contributed by atoms with van der Waals surface area (Å²) in [5.41, 5.74) is 5.29. The van der Waals surface area contributed by atoms with Crippen LogP contribution in [0.5, 0.6) is 0 Å². The van der Waals surface area contributed by atoms with Crippen molar-refractivity contribution in [2.75, 3.05) is 0 Å². The summed E-state index contributed by atoms with van der Waals surface area (Å²) < 4.78 is 2.55. The van der Waals surface area contributed by atoms with Gasteiger partial charge >= 0.3 is 0 Å². The summed E-state index contributed by atoms with van der Waals surface area (Å²) in [5, 5.41) is 2.73. The summed E-state index contributed by atoms with van der Waals surface area (Å²) in [6.07, 6.45) is 5.13. The number of hydrogen-bond acceptors (Lipinski definition) is 0. The van der Waals surface area contributed by atoms with Crippen LogP contribution in [0.2, 0.25) is 0 Å². The van der Waals surface area contributed by atoms with Gasteiger partial charge in [-0.2, -0.15) is 0 Å². The lowest BCUT2D eigenvalue weighted by Gasteiger charge is -2.17. The van der Waals surface area contributed by atoms with Crippen molar-refractivity contribution in [2.24, 2.45) is 0 Å². The van der Waals surface area contributed by atoms with Crippen molar-refractivity contribution >= 4 is 21.8 Å². The summed E-state index contributed by atoms with van der Waals surface area (Å²) >= 11 is 0. The van der Waals surface area contributed by atoms with E-state index in [9.17, 15) is 0 Å². The molecular formula is C25H27N.